The van der Waals surface area contributed by atoms with Crippen molar-refractivity contribution in [3.05, 3.63) is 18.1 Å². The van der Waals surface area contributed by atoms with E-state index in [4.69, 9.17) is 10.9 Å². The number of aliphatic hydroxyl groups excluding tert-OH is 1. The molecule has 4 N–H and O–H groups in total. The van der Waals surface area contributed by atoms with Crippen LogP contribution in [0.3, 0.4) is 0 Å². The van der Waals surface area contributed by atoms with Gasteiger partial charge in [-0.1, -0.05) is 18.0 Å². The van der Waals surface area contributed by atoms with E-state index >= 15 is 0 Å². The van der Waals surface area contributed by atoms with Crippen molar-refractivity contribution in [2.45, 2.75) is 31.7 Å². The van der Waals surface area contributed by atoms with Gasteiger partial charge in [0.25, 0.3) is 0 Å². The third-order valence-electron chi connectivity index (χ3n) is 3.39. The molecule has 1 saturated heterocycles. The van der Waals surface area contributed by atoms with Gasteiger partial charge >= 0.3 is 0 Å². The van der Waals surface area contributed by atoms with Gasteiger partial charge < -0.3 is 20.9 Å². The molecular weight excluding hydrogens is 246 g/mol. The van der Waals surface area contributed by atoms with E-state index in [-0.39, 0.29) is 18.5 Å². The Balaban J connectivity index is 2.38. The van der Waals surface area contributed by atoms with Crippen molar-refractivity contribution in [2.75, 3.05) is 18.1 Å². The summed E-state index contributed by atoms with van der Waals surface area (Å²) >= 11 is 0. The van der Waals surface area contributed by atoms with Crippen molar-refractivity contribution in [3.63, 3.8) is 0 Å². The van der Waals surface area contributed by atoms with Crippen LogP contribution < -0.4 is 10.6 Å². The van der Waals surface area contributed by atoms with Gasteiger partial charge in [-0.15, -0.1) is 0 Å². The molecule has 0 bridgehead atoms. The third kappa shape index (κ3) is 2.93. The van der Waals surface area contributed by atoms with Crippen LogP contribution in [0.15, 0.2) is 17.5 Å². The van der Waals surface area contributed by atoms with E-state index in [0.29, 0.717) is 11.5 Å². The number of oxime groups is 1. The number of hydrogen-bond donors (Lipinski definition) is 3. The lowest BCUT2D eigenvalue weighted by atomic mass is 10.1. The summed E-state index contributed by atoms with van der Waals surface area (Å²) in [5.41, 5.74) is 5.99. The molecule has 1 aliphatic heterocycles. The number of aromatic nitrogens is 2. The molecule has 7 nitrogen and oxygen atoms in total. The second-order valence-corrected chi connectivity index (χ2v) is 4.59. The van der Waals surface area contributed by atoms with E-state index in [1.807, 2.05) is 4.90 Å². The molecule has 1 aromatic heterocycles. The van der Waals surface area contributed by atoms with E-state index in [1.54, 1.807) is 6.20 Å². The molecule has 2 rings (SSSR count). The Kier molecular flexibility index (Phi) is 4.51. The van der Waals surface area contributed by atoms with E-state index < -0.39 is 0 Å². The maximum atomic E-state index is 9.53. The zero-order valence-corrected chi connectivity index (χ0v) is 10.7. The summed E-state index contributed by atoms with van der Waals surface area (Å²) < 4.78 is 0. The highest BCUT2D eigenvalue weighted by molar-refractivity contribution is 5.99. The van der Waals surface area contributed by atoms with Crippen LogP contribution in [-0.2, 0) is 0 Å². The first kappa shape index (κ1) is 13.5. The monoisotopic (exact) mass is 265 g/mol. The molecule has 1 unspecified atom stereocenters. The second-order valence-electron chi connectivity index (χ2n) is 4.59. The largest absolute Gasteiger partial charge is 0.409 e. The van der Waals surface area contributed by atoms with Gasteiger partial charge in [-0.25, -0.2) is 9.97 Å². The van der Waals surface area contributed by atoms with E-state index in [2.05, 4.69) is 15.1 Å². The molecule has 1 fully saturated rings. The molecule has 0 amide bonds. The van der Waals surface area contributed by atoms with E-state index in [9.17, 15) is 5.11 Å². The Bertz CT molecular complexity index is 452. The lowest BCUT2D eigenvalue weighted by molar-refractivity contribution is 0.254. The highest BCUT2D eigenvalue weighted by Crippen LogP contribution is 2.24. The predicted octanol–water partition coefficient (Wildman–Crippen LogP) is 0.312. The first-order valence-corrected chi connectivity index (χ1v) is 6.44. The number of nitrogens with two attached hydrogens (primary N) is 1. The highest BCUT2D eigenvalue weighted by atomic mass is 16.4. The number of hydrogen-bond acceptors (Lipinski definition) is 6. The van der Waals surface area contributed by atoms with Crippen LogP contribution in [0.1, 0.15) is 31.4 Å². The first-order valence-electron chi connectivity index (χ1n) is 6.44. The van der Waals surface area contributed by atoms with Gasteiger partial charge in [0.05, 0.1) is 12.6 Å². The van der Waals surface area contributed by atoms with Crippen LogP contribution >= 0.6 is 0 Å². The molecule has 19 heavy (non-hydrogen) atoms. The van der Waals surface area contributed by atoms with Crippen molar-refractivity contribution >= 4 is 11.7 Å². The summed E-state index contributed by atoms with van der Waals surface area (Å²) in [5, 5.41) is 21.3. The second kappa shape index (κ2) is 6.33. The van der Waals surface area contributed by atoms with Gasteiger partial charge in [-0.05, 0) is 12.8 Å². The molecule has 1 atom stereocenters. The maximum absolute atomic E-state index is 9.53. The van der Waals surface area contributed by atoms with E-state index in [0.717, 1.165) is 32.2 Å². The molecule has 0 saturated carbocycles. The average Bonchev–Trinajstić information content (AvgIpc) is 2.71. The molecule has 0 aromatic carbocycles. The molecule has 0 aliphatic carbocycles. The normalized spacial score (nSPS) is 21.2. The molecule has 0 spiro atoms. The summed E-state index contributed by atoms with van der Waals surface area (Å²) in [7, 11) is 0. The lowest BCUT2D eigenvalue weighted by Gasteiger charge is -2.30. The number of amidine groups is 1. The molecule has 104 valence electrons. The van der Waals surface area contributed by atoms with Gasteiger partial charge in [0.15, 0.2) is 17.3 Å². The van der Waals surface area contributed by atoms with Gasteiger partial charge in [-0.3, -0.25) is 0 Å². The quantitative estimate of drug-likeness (QED) is 0.314. The number of rotatable bonds is 3. The Morgan fingerprint density at radius 1 is 1.37 bits per heavy atom. The fourth-order valence-corrected chi connectivity index (χ4v) is 2.41. The van der Waals surface area contributed by atoms with Crippen LogP contribution in [0.4, 0.5) is 5.82 Å². The third-order valence-corrected chi connectivity index (χ3v) is 3.39. The fraction of sp³-hybridized carbons (Fsp3) is 0.583. The first-order chi connectivity index (χ1) is 9.27. The number of aliphatic hydroxyl groups is 1. The summed E-state index contributed by atoms with van der Waals surface area (Å²) in [6.45, 7) is 0.849. The lowest BCUT2D eigenvalue weighted by Crippen LogP contribution is -2.39. The predicted molar refractivity (Wildman–Crippen MR) is 71.2 cm³/mol. The van der Waals surface area contributed by atoms with Crippen molar-refractivity contribution < 1.29 is 10.3 Å². The van der Waals surface area contributed by atoms with Crippen LogP contribution in [0.5, 0.6) is 0 Å². The van der Waals surface area contributed by atoms with Crippen molar-refractivity contribution in [1.29, 1.82) is 0 Å². The van der Waals surface area contributed by atoms with Gasteiger partial charge in [-0.2, -0.15) is 0 Å². The number of anilines is 1. The van der Waals surface area contributed by atoms with Crippen LogP contribution in [0, 0.1) is 0 Å². The Hall–Kier alpha value is -1.89. The van der Waals surface area contributed by atoms with Crippen molar-refractivity contribution in [2.24, 2.45) is 10.9 Å². The highest BCUT2D eigenvalue weighted by Gasteiger charge is 2.25. The van der Waals surface area contributed by atoms with Crippen LogP contribution in [0.25, 0.3) is 0 Å². The molecular formula is C12H19N5O2. The SMILES string of the molecule is NC(=NO)c1nccnc1N1CCCCCC1CO. The summed E-state index contributed by atoms with van der Waals surface area (Å²) in [4.78, 5) is 10.4. The van der Waals surface area contributed by atoms with Crippen molar-refractivity contribution in [3.8, 4) is 0 Å². The molecule has 1 aliphatic rings. The zero-order valence-electron chi connectivity index (χ0n) is 10.7. The smallest absolute Gasteiger partial charge is 0.192 e. The standard InChI is InChI=1S/C12H19N5O2/c13-11(16-19)10-12(15-6-5-14-10)17-7-3-1-2-4-9(17)8-18/h5-6,9,18-19H,1-4,7-8H2,(H2,13,16). The van der Waals surface area contributed by atoms with Gasteiger partial charge in [0, 0.05) is 18.9 Å². The van der Waals surface area contributed by atoms with Crippen LogP contribution in [-0.4, -0.2) is 45.3 Å². The summed E-state index contributed by atoms with van der Waals surface area (Å²) in [5.74, 6) is 0.503. The Morgan fingerprint density at radius 3 is 2.89 bits per heavy atom. The minimum Gasteiger partial charge on any atom is -0.409 e. The average molecular weight is 265 g/mol. The van der Waals surface area contributed by atoms with Crippen LogP contribution in [0.2, 0.25) is 0 Å². The zero-order chi connectivity index (χ0) is 13.7. The van der Waals surface area contributed by atoms with Gasteiger partial charge in [0.2, 0.25) is 0 Å². The van der Waals surface area contributed by atoms with E-state index in [1.165, 1.54) is 6.20 Å². The summed E-state index contributed by atoms with van der Waals surface area (Å²) in [6.07, 6.45) is 7.23. The Morgan fingerprint density at radius 2 is 2.16 bits per heavy atom. The maximum Gasteiger partial charge on any atom is 0.192 e. The molecule has 2 heterocycles. The molecule has 7 heteroatoms. The van der Waals surface area contributed by atoms with Gasteiger partial charge in [0.1, 0.15) is 0 Å². The minimum atomic E-state index is -0.0657. The summed E-state index contributed by atoms with van der Waals surface area (Å²) in [6, 6.07) is 0.00411. The molecule has 1 aromatic rings. The number of nitrogens with zero attached hydrogens (tertiary/aromatic N) is 4. The Labute approximate surface area is 111 Å². The fourth-order valence-electron chi connectivity index (χ4n) is 2.41. The molecule has 0 radical (unpaired) electrons. The van der Waals surface area contributed by atoms with Crippen molar-refractivity contribution in [1.82, 2.24) is 9.97 Å². The topological polar surface area (TPSA) is 108 Å². The minimum absolute atomic E-state index is 0.00411.